The van der Waals surface area contributed by atoms with E-state index in [-0.39, 0.29) is 11.9 Å². The normalized spacial score (nSPS) is 12.1. The first kappa shape index (κ1) is 11.0. The van der Waals surface area contributed by atoms with Gasteiger partial charge in [-0.3, -0.25) is 0 Å². The van der Waals surface area contributed by atoms with Gasteiger partial charge in [0.1, 0.15) is 5.82 Å². The van der Waals surface area contributed by atoms with Gasteiger partial charge in [0.15, 0.2) is 0 Å². The zero-order valence-electron chi connectivity index (χ0n) is 7.85. The molecule has 0 saturated carbocycles. The second kappa shape index (κ2) is 4.99. The highest BCUT2D eigenvalue weighted by Crippen LogP contribution is 2.25. The molecule has 1 rings (SSSR count). The van der Waals surface area contributed by atoms with Crippen molar-refractivity contribution in [1.82, 2.24) is 5.32 Å². The lowest BCUT2D eigenvalue weighted by Gasteiger charge is -2.15. The molecule has 1 unspecified atom stereocenters. The summed E-state index contributed by atoms with van der Waals surface area (Å²) in [7, 11) is 1.79. The van der Waals surface area contributed by atoms with E-state index in [2.05, 4.69) is 11.2 Å². The van der Waals surface area contributed by atoms with Gasteiger partial charge in [-0.2, -0.15) is 0 Å². The fourth-order valence-corrected chi connectivity index (χ4v) is 1.57. The van der Waals surface area contributed by atoms with Crippen LogP contribution in [0.2, 0.25) is 5.02 Å². The Morgan fingerprint density at radius 2 is 2.36 bits per heavy atom. The van der Waals surface area contributed by atoms with Crippen LogP contribution in [0.1, 0.15) is 18.0 Å². The van der Waals surface area contributed by atoms with Crippen molar-refractivity contribution < 1.29 is 4.39 Å². The lowest BCUT2D eigenvalue weighted by molar-refractivity contribution is 0.601. The van der Waals surface area contributed by atoms with E-state index in [1.165, 1.54) is 12.1 Å². The molecule has 1 atom stereocenters. The van der Waals surface area contributed by atoms with E-state index in [0.29, 0.717) is 11.4 Å². The monoisotopic (exact) mass is 211 g/mol. The van der Waals surface area contributed by atoms with Crippen molar-refractivity contribution in [2.75, 3.05) is 7.05 Å². The minimum absolute atomic E-state index is 0.0203. The van der Waals surface area contributed by atoms with Crippen LogP contribution in [0.25, 0.3) is 0 Å². The third kappa shape index (κ3) is 2.47. The Morgan fingerprint density at radius 1 is 1.64 bits per heavy atom. The van der Waals surface area contributed by atoms with Crippen molar-refractivity contribution in [3.8, 4) is 12.3 Å². The standard InChI is InChI=1S/C11H11ClFN/c1-3-4-11(14-2)9-6-5-8(13)7-10(9)12/h1,5-7,11,14H,4H2,2H3. The van der Waals surface area contributed by atoms with Crippen LogP contribution < -0.4 is 5.32 Å². The summed E-state index contributed by atoms with van der Waals surface area (Å²) in [6.07, 6.45) is 5.74. The van der Waals surface area contributed by atoms with Crippen molar-refractivity contribution in [2.24, 2.45) is 0 Å². The lowest BCUT2D eigenvalue weighted by atomic mass is 10.0. The summed E-state index contributed by atoms with van der Waals surface area (Å²) >= 11 is 5.89. The molecule has 1 nitrogen and oxygen atoms in total. The molecule has 74 valence electrons. The van der Waals surface area contributed by atoms with E-state index in [9.17, 15) is 4.39 Å². The average molecular weight is 212 g/mol. The summed E-state index contributed by atoms with van der Waals surface area (Å²) in [5, 5.41) is 3.43. The zero-order valence-corrected chi connectivity index (χ0v) is 8.61. The quantitative estimate of drug-likeness (QED) is 0.759. The minimum Gasteiger partial charge on any atom is -0.312 e. The molecule has 0 aliphatic heterocycles. The number of rotatable bonds is 3. The molecule has 0 saturated heterocycles. The molecule has 3 heteroatoms. The smallest absolute Gasteiger partial charge is 0.124 e. The first-order valence-electron chi connectivity index (χ1n) is 4.24. The Morgan fingerprint density at radius 3 is 2.86 bits per heavy atom. The van der Waals surface area contributed by atoms with Crippen LogP contribution in [0, 0.1) is 18.2 Å². The molecule has 1 aromatic carbocycles. The van der Waals surface area contributed by atoms with Crippen LogP contribution >= 0.6 is 11.6 Å². The Kier molecular flexibility index (Phi) is 3.94. The molecule has 14 heavy (non-hydrogen) atoms. The fourth-order valence-electron chi connectivity index (χ4n) is 1.27. The van der Waals surface area contributed by atoms with E-state index in [1.807, 2.05) is 0 Å². The van der Waals surface area contributed by atoms with E-state index < -0.39 is 0 Å². The summed E-state index contributed by atoms with van der Waals surface area (Å²) in [4.78, 5) is 0. The van der Waals surface area contributed by atoms with Crippen LogP contribution in [0.4, 0.5) is 4.39 Å². The highest BCUT2D eigenvalue weighted by molar-refractivity contribution is 6.31. The molecular formula is C11H11ClFN. The average Bonchev–Trinajstić information content (AvgIpc) is 2.15. The number of nitrogens with one attached hydrogen (secondary N) is 1. The molecule has 0 bridgehead atoms. The molecule has 0 radical (unpaired) electrons. The van der Waals surface area contributed by atoms with Gasteiger partial charge in [-0.15, -0.1) is 12.3 Å². The van der Waals surface area contributed by atoms with E-state index >= 15 is 0 Å². The Hall–Kier alpha value is -1.04. The van der Waals surface area contributed by atoms with Gasteiger partial charge < -0.3 is 5.32 Å². The third-order valence-electron chi connectivity index (χ3n) is 2.01. The molecular weight excluding hydrogens is 201 g/mol. The molecule has 0 fully saturated rings. The summed E-state index contributed by atoms with van der Waals surface area (Å²) in [5.74, 6) is 2.21. The Labute approximate surface area is 88.3 Å². The highest BCUT2D eigenvalue weighted by Gasteiger charge is 2.11. The molecule has 0 heterocycles. The molecule has 0 spiro atoms. The topological polar surface area (TPSA) is 12.0 Å². The number of hydrogen-bond donors (Lipinski definition) is 1. The summed E-state index contributed by atoms with van der Waals surface area (Å²) < 4.78 is 12.8. The van der Waals surface area contributed by atoms with Gasteiger partial charge in [0.2, 0.25) is 0 Å². The maximum Gasteiger partial charge on any atom is 0.124 e. The van der Waals surface area contributed by atoms with Crippen molar-refractivity contribution >= 4 is 11.6 Å². The van der Waals surface area contributed by atoms with Crippen LogP contribution in [0.3, 0.4) is 0 Å². The largest absolute Gasteiger partial charge is 0.312 e. The number of benzene rings is 1. The van der Waals surface area contributed by atoms with Gasteiger partial charge in [-0.25, -0.2) is 4.39 Å². The molecule has 1 aromatic rings. The summed E-state index contributed by atoms with van der Waals surface area (Å²) in [6, 6.07) is 4.30. The maximum atomic E-state index is 12.8. The number of hydrogen-bond acceptors (Lipinski definition) is 1. The van der Waals surface area contributed by atoms with E-state index in [4.69, 9.17) is 18.0 Å². The molecule has 0 aliphatic carbocycles. The van der Waals surface area contributed by atoms with Gasteiger partial charge in [0.05, 0.1) is 0 Å². The first-order chi connectivity index (χ1) is 6.69. The van der Waals surface area contributed by atoms with Crippen molar-refractivity contribution in [3.63, 3.8) is 0 Å². The van der Waals surface area contributed by atoms with Crippen LogP contribution in [-0.4, -0.2) is 7.05 Å². The number of terminal acetylenes is 1. The maximum absolute atomic E-state index is 12.8. The van der Waals surface area contributed by atoms with Gasteiger partial charge in [-0.05, 0) is 24.7 Å². The minimum atomic E-state index is -0.339. The van der Waals surface area contributed by atoms with Gasteiger partial charge in [0.25, 0.3) is 0 Å². The number of halogens is 2. The van der Waals surface area contributed by atoms with Crippen molar-refractivity contribution in [3.05, 3.63) is 34.6 Å². The zero-order chi connectivity index (χ0) is 10.6. The molecule has 0 amide bonds. The summed E-state index contributed by atoms with van der Waals surface area (Å²) in [5.41, 5.74) is 0.827. The molecule has 1 N–H and O–H groups in total. The molecule has 0 aliphatic rings. The van der Waals surface area contributed by atoms with Gasteiger partial charge >= 0.3 is 0 Å². The first-order valence-corrected chi connectivity index (χ1v) is 4.62. The van der Waals surface area contributed by atoms with Crippen molar-refractivity contribution in [1.29, 1.82) is 0 Å². The second-order valence-electron chi connectivity index (χ2n) is 2.92. The summed E-state index contributed by atoms with van der Waals surface area (Å²) in [6.45, 7) is 0. The lowest BCUT2D eigenvalue weighted by Crippen LogP contribution is -2.16. The highest BCUT2D eigenvalue weighted by atomic mass is 35.5. The van der Waals surface area contributed by atoms with Crippen LogP contribution in [0.5, 0.6) is 0 Å². The third-order valence-corrected chi connectivity index (χ3v) is 2.34. The second-order valence-corrected chi connectivity index (χ2v) is 3.32. The van der Waals surface area contributed by atoms with Crippen LogP contribution in [0.15, 0.2) is 18.2 Å². The van der Waals surface area contributed by atoms with E-state index in [1.54, 1.807) is 13.1 Å². The Balaban J connectivity index is 2.99. The van der Waals surface area contributed by atoms with E-state index in [0.717, 1.165) is 5.56 Å². The SMILES string of the molecule is C#CCC(NC)c1ccc(F)cc1Cl. The fraction of sp³-hybridized carbons (Fsp3) is 0.273. The van der Waals surface area contributed by atoms with Crippen LogP contribution in [-0.2, 0) is 0 Å². The van der Waals surface area contributed by atoms with Crippen molar-refractivity contribution in [2.45, 2.75) is 12.5 Å². The van der Waals surface area contributed by atoms with Gasteiger partial charge in [-0.1, -0.05) is 17.7 Å². The molecule has 0 aromatic heterocycles. The Bertz CT molecular complexity index is 357. The predicted molar refractivity (Wildman–Crippen MR) is 56.7 cm³/mol. The predicted octanol–water partition coefficient (Wildman–Crippen LogP) is 2.76. The van der Waals surface area contributed by atoms with Gasteiger partial charge in [0, 0.05) is 17.5 Å².